The first-order chi connectivity index (χ1) is 9.56. The Morgan fingerprint density at radius 1 is 1.25 bits per heavy atom. The molecule has 0 saturated heterocycles. The highest BCUT2D eigenvalue weighted by molar-refractivity contribution is 9.10. The van der Waals surface area contributed by atoms with Crippen LogP contribution in [-0.2, 0) is 0 Å². The predicted molar refractivity (Wildman–Crippen MR) is 81.0 cm³/mol. The Kier molecular flexibility index (Phi) is 4.75. The molecule has 0 saturated carbocycles. The molecule has 0 aliphatic carbocycles. The quantitative estimate of drug-likeness (QED) is 0.663. The van der Waals surface area contributed by atoms with Crippen LogP contribution in [0.15, 0.2) is 40.9 Å². The SMILES string of the molecule is COc1ccc(C(NN)c2cc(C)ccc2F)cc1Br. The maximum atomic E-state index is 14.0. The van der Waals surface area contributed by atoms with Gasteiger partial charge < -0.3 is 4.74 Å². The number of ether oxygens (including phenoxy) is 1. The van der Waals surface area contributed by atoms with Crippen molar-refractivity contribution in [1.29, 1.82) is 0 Å². The first-order valence-electron chi connectivity index (χ1n) is 6.12. The van der Waals surface area contributed by atoms with Crippen molar-refractivity contribution in [3.63, 3.8) is 0 Å². The van der Waals surface area contributed by atoms with Crippen molar-refractivity contribution in [3.8, 4) is 5.75 Å². The Bertz CT molecular complexity index is 619. The molecule has 2 rings (SSSR count). The van der Waals surface area contributed by atoms with Gasteiger partial charge in [0.15, 0.2) is 0 Å². The molecule has 1 unspecified atom stereocenters. The molecule has 2 aromatic carbocycles. The van der Waals surface area contributed by atoms with E-state index in [2.05, 4.69) is 21.4 Å². The van der Waals surface area contributed by atoms with Crippen LogP contribution in [0.1, 0.15) is 22.7 Å². The normalized spacial score (nSPS) is 12.2. The highest BCUT2D eigenvalue weighted by Crippen LogP contribution is 2.31. The van der Waals surface area contributed by atoms with E-state index in [9.17, 15) is 4.39 Å². The number of halogens is 2. The van der Waals surface area contributed by atoms with Gasteiger partial charge in [-0.1, -0.05) is 23.8 Å². The minimum Gasteiger partial charge on any atom is -0.496 e. The molecule has 1 atom stereocenters. The molecule has 0 amide bonds. The molecule has 3 N–H and O–H groups in total. The first kappa shape index (κ1) is 15.0. The van der Waals surface area contributed by atoms with Gasteiger partial charge in [-0.2, -0.15) is 0 Å². The Labute approximate surface area is 126 Å². The Morgan fingerprint density at radius 2 is 2.00 bits per heavy atom. The van der Waals surface area contributed by atoms with Crippen LogP contribution in [0.5, 0.6) is 5.75 Å². The highest BCUT2D eigenvalue weighted by atomic mass is 79.9. The van der Waals surface area contributed by atoms with Crippen molar-refractivity contribution < 1.29 is 9.13 Å². The lowest BCUT2D eigenvalue weighted by molar-refractivity contribution is 0.411. The second-order valence-electron chi connectivity index (χ2n) is 4.52. The number of rotatable bonds is 4. The second-order valence-corrected chi connectivity index (χ2v) is 5.37. The summed E-state index contributed by atoms with van der Waals surface area (Å²) >= 11 is 3.42. The Hall–Kier alpha value is -1.43. The van der Waals surface area contributed by atoms with E-state index in [0.717, 1.165) is 15.6 Å². The molecule has 0 spiro atoms. The van der Waals surface area contributed by atoms with Gasteiger partial charge in [0.1, 0.15) is 11.6 Å². The van der Waals surface area contributed by atoms with Crippen molar-refractivity contribution in [1.82, 2.24) is 5.43 Å². The van der Waals surface area contributed by atoms with Gasteiger partial charge in [-0.25, -0.2) is 9.82 Å². The summed E-state index contributed by atoms with van der Waals surface area (Å²) in [5.41, 5.74) is 5.02. The molecule has 0 heterocycles. The zero-order valence-corrected chi connectivity index (χ0v) is 12.9. The maximum absolute atomic E-state index is 14.0. The molecular weight excluding hydrogens is 323 g/mol. The molecule has 0 aliphatic rings. The van der Waals surface area contributed by atoms with Crippen molar-refractivity contribution in [2.45, 2.75) is 13.0 Å². The molecule has 3 nitrogen and oxygen atoms in total. The lowest BCUT2D eigenvalue weighted by atomic mass is 9.97. The molecule has 0 aliphatic heterocycles. The average Bonchev–Trinajstić information content (AvgIpc) is 2.44. The standard InChI is InChI=1S/C15H16BrFN2O/c1-9-3-5-13(17)11(7-9)15(19-18)10-4-6-14(20-2)12(16)8-10/h3-8,15,19H,18H2,1-2H3. The van der Waals surface area contributed by atoms with E-state index in [0.29, 0.717) is 11.3 Å². The van der Waals surface area contributed by atoms with Crippen molar-refractivity contribution in [2.24, 2.45) is 5.84 Å². The Balaban J connectivity index is 2.46. The summed E-state index contributed by atoms with van der Waals surface area (Å²) in [5, 5.41) is 0. The summed E-state index contributed by atoms with van der Waals surface area (Å²) in [6.45, 7) is 1.92. The van der Waals surface area contributed by atoms with E-state index in [1.165, 1.54) is 6.07 Å². The van der Waals surface area contributed by atoms with Gasteiger partial charge in [-0.15, -0.1) is 0 Å². The van der Waals surface area contributed by atoms with Gasteiger partial charge in [0, 0.05) is 5.56 Å². The minimum absolute atomic E-state index is 0.287. The fraction of sp³-hybridized carbons (Fsp3) is 0.200. The molecule has 20 heavy (non-hydrogen) atoms. The lowest BCUT2D eigenvalue weighted by Gasteiger charge is -2.19. The molecule has 0 fully saturated rings. The highest BCUT2D eigenvalue weighted by Gasteiger charge is 2.18. The van der Waals surface area contributed by atoms with Gasteiger partial charge in [-0.05, 0) is 46.6 Å². The summed E-state index contributed by atoms with van der Waals surface area (Å²) in [6, 6.07) is 10.1. The van der Waals surface area contributed by atoms with Crippen LogP contribution in [0.3, 0.4) is 0 Å². The van der Waals surface area contributed by atoms with Crippen molar-refractivity contribution >= 4 is 15.9 Å². The van der Waals surface area contributed by atoms with Crippen LogP contribution in [0, 0.1) is 12.7 Å². The van der Waals surface area contributed by atoms with Crippen LogP contribution in [0.25, 0.3) is 0 Å². The summed E-state index contributed by atoms with van der Waals surface area (Å²) in [7, 11) is 1.60. The number of benzene rings is 2. The fourth-order valence-corrected chi connectivity index (χ4v) is 2.67. The molecule has 2 aromatic rings. The number of hydrazine groups is 1. The lowest BCUT2D eigenvalue weighted by Crippen LogP contribution is -2.29. The number of hydrogen-bond acceptors (Lipinski definition) is 3. The number of methoxy groups -OCH3 is 1. The maximum Gasteiger partial charge on any atom is 0.133 e. The van der Waals surface area contributed by atoms with E-state index < -0.39 is 6.04 Å². The zero-order valence-electron chi connectivity index (χ0n) is 11.3. The van der Waals surface area contributed by atoms with Crippen LogP contribution < -0.4 is 16.0 Å². The summed E-state index contributed by atoms with van der Waals surface area (Å²) in [6.07, 6.45) is 0. The van der Waals surface area contributed by atoms with E-state index in [4.69, 9.17) is 10.6 Å². The second kappa shape index (κ2) is 6.35. The van der Waals surface area contributed by atoms with Gasteiger partial charge in [-0.3, -0.25) is 5.84 Å². The summed E-state index contributed by atoms with van der Waals surface area (Å²) in [4.78, 5) is 0. The largest absolute Gasteiger partial charge is 0.496 e. The number of nitrogens with two attached hydrogens (primary N) is 1. The smallest absolute Gasteiger partial charge is 0.133 e. The van der Waals surface area contributed by atoms with Gasteiger partial charge in [0.2, 0.25) is 0 Å². The van der Waals surface area contributed by atoms with E-state index in [-0.39, 0.29) is 5.82 Å². The number of aryl methyl sites for hydroxylation is 1. The number of hydrogen-bond donors (Lipinski definition) is 2. The third-order valence-corrected chi connectivity index (χ3v) is 3.76. The Morgan fingerprint density at radius 3 is 2.60 bits per heavy atom. The minimum atomic E-state index is -0.419. The molecule has 0 radical (unpaired) electrons. The molecule has 0 bridgehead atoms. The summed E-state index contributed by atoms with van der Waals surface area (Å²) in [5.74, 6) is 6.04. The summed E-state index contributed by atoms with van der Waals surface area (Å²) < 4.78 is 20.0. The van der Waals surface area contributed by atoms with Crippen molar-refractivity contribution in [3.05, 3.63) is 63.4 Å². The van der Waals surface area contributed by atoms with Crippen LogP contribution in [-0.4, -0.2) is 7.11 Å². The fourth-order valence-electron chi connectivity index (χ4n) is 2.11. The molecule has 0 aromatic heterocycles. The molecular formula is C15H16BrFN2O. The molecule has 106 valence electrons. The van der Waals surface area contributed by atoms with Gasteiger partial charge in [0.25, 0.3) is 0 Å². The van der Waals surface area contributed by atoms with Crippen LogP contribution in [0.4, 0.5) is 4.39 Å². The zero-order chi connectivity index (χ0) is 14.7. The average molecular weight is 339 g/mol. The van der Waals surface area contributed by atoms with Gasteiger partial charge >= 0.3 is 0 Å². The third-order valence-electron chi connectivity index (χ3n) is 3.14. The first-order valence-corrected chi connectivity index (χ1v) is 6.91. The van der Waals surface area contributed by atoms with Crippen LogP contribution >= 0.6 is 15.9 Å². The predicted octanol–water partition coefficient (Wildman–Crippen LogP) is 3.46. The van der Waals surface area contributed by atoms with Gasteiger partial charge in [0.05, 0.1) is 17.6 Å². The van der Waals surface area contributed by atoms with Crippen molar-refractivity contribution in [2.75, 3.05) is 7.11 Å². The van der Waals surface area contributed by atoms with E-state index >= 15 is 0 Å². The van der Waals surface area contributed by atoms with E-state index in [1.807, 2.05) is 25.1 Å². The monoisotopic (exact) mass is 338 g/mol. The topological polar surface area (TPSA) is 47.3 Å². The van der Waals surface area contributed by atoms with E-state index in [1.54, 1.807) is 19.2 Å². The molecule has 5 heteroatoms. The third kappa shape index (κ3) is 3.00. The number of nitrogens with one attached hydrogen (secondary N) is 1. The van der Waals surface area contributed by atoms with Crippen LogP contribution in [0.2, 0.25) is 0 Å².